The average molecular weight is 572 g/mol. The summed E-state index contributed by atoms with van der Waals surface area (Å²) in [4.78, 5) is 20.5. The zero-order valence-corrected chi connectivity index (χ0v) is 23.7. The number of hydrogen-bond donors (Lipinski definition) is 1. The van der Waals surface area contributed by atoms with Crippen LogP contribution in [-0.4, -0.2) is 37.9 Å². The molecule has 0 aliphatic carbocycles. The number of aromatic nitrogens is 4. The van der Waals surface area contributed by atoms with E-state index in [1.165, 1.54) is 12.8 Å². The summed E-state index contributed by atoms with van der Waals surface area (Å²) in [6, 6.07) is 19.9. The third-order valence-corrected chi connectivity index (χ3v) is 8.18. The van der Waals surface area contributed by atoms with Crippen LogP contribution < -0.4 is 5.32 Å². The fraction of sp³-hybridized carbons (Fsp3) is 0.182. The fourth-order valence-corrected chi connectivity index (χ4v) is 5.97. The Labute approximate surface area is 247 Å². The van der Waals surface area contributed by atoms with E-state index in [2.05, 4.69) is 31.2 Å². The lowest BCUT2D eigenvalue weighted by atomic mass is 9.96. The quantitative estimate of drug-likeness (QED) is 0.217. The zero-order chi connectivity index (χ0) is 28.6. The lowest BCUT2D eigenvalue weighted by Crippen LogP contribution is -2.18. The van der Waals surface area contributed by atoms with E-state index >= 15 is 0 Å². The predicted molar refractivity (Wildman–Crippen MR) is 164 cm³/mol. The van der Waals surface area contributed by atoms with Gasteiger partial charge in [0.25, 0.3) is 0 Å². The number of oxazole rings is 1. The summed E-state index contributed by atoms with van der Waals surface area (Å²) >= 11 is 7.00. The molecule has 6 aromatic rings. The molecule has 1 saturated heterocycles. The topological polar surface area (TPSA) is 104 Å². The van der Waals surface area contributed by atoms with Gasteiger partial charge in [-0.1, -0.05) is 35.9 Å². The molecule has 0 radical (unpaired) electrons. The van der Waals surface area contributed by atoms with Crippen molar-refractivity contribution in [3.8, 4) is 28.7 Å². The second-order valence-corrected chi connectivity index (χ2v) is 10.8. The van der Waals surface area contributed by atoms with Crippen molar-refractivity contribution in [2.45, 2.75) is 26.3 Å². The van der Waals surface area contributed by atoms with Crippen LogP contribution in [0, 0.1) is 18.3 Å². The molecular weight excluding hydrogens is 546 g/mol. The van der Waals surface area contributed by atoms with E-state index < -0.39 is 0 Å². The molecule has 0 saturated carbocycles. The number of hydrogen-bond acceptors (Lipinski definition) is 8. The maximum atomic E-state index is 9.89. The minimum absolute atomic E-state index is 0.475. The van der Waals surface area contributed by atoms with Crippen molar-refractivity contribution in [3.63, 3.8) is 0 Å². The van der Waals surface area contributed by atoms with Crippen molar-refractivity contribution in [1.29, 1.82) is 5.26 Å². The number of nitrogens with one attached hydrogen (secondary N) is 1. The number of pyridine rings is 1. The van der Waals surface area contributed by atoms with E-state index in [4.69, 9.17) is 21.0 Å². The van der Waals surface area contributed by atoms with Crippen molar-refractivity contribution in [2.24, 2.45) is 0 Å². The first-order valence-corrected chi connectivity index (χ1v) is 14.2. The lowest BCUT2D eigenvalue weighted by Gasteiger charge is -2.15. The number of nitriles is 1. The summed E-state index contributed by atoms with van der Waals surface area (Å²) in [6.45, 7) is 5.01. The molecule has 0 spiro atoms. The standard InChI is InChI=1S/C33H26ClN7O/c1-20-23(25-8-5-9-26(29(25)34)39-32-30-27(10-11-38-32)36-12-13-37-30)6-4-7-24(20)33-40-28-17-21(19-41-14-2-3-15-41)16-22(18-35)31(28)42-33/h4-13,16-17H,2-3,14-15,19H2,1H3,(H,38,39). The van der Waals surface area contributed by atoms with Gasteiger partial charge in [0.1, 0.15) is 17.1 Å². The lowest BCUT2D eigenvalue weighted by molar-refractivity contribution is 0.331. The van der Waals surface area contributed by atoms with Gasteiger partial charge in [0.05, 0.1) is 21.8 Å². The first-order chi connectivity index (χ1) is 20.6. The fourth-order valence-electron chi connectivity index (χ4n) is 5.69. The van der Waals surface area contributed by atoms with Gasteiger partial charge in [0.15, 0.2) is 11.4 Å². The first-order valence-electron chi connectivity index (χ1n) is 13.9. The molecule has 0 bridgehead atoms. The Balaban J connectivity index is 1.25. The Morgan fingerprint density at radius 1 is 0.929 bits per heavy atom. The molecule has 3 aromatic carbocycles. The molecule has 0 atom stereocenters. The Kier molecular flexibility index (Phi) is 6.74. The van der Waals surface area contributed by atoms with Gasteiger partial charge in [-0.25, -0.2) is 15.0 Å². The van der Waals surface area contributed by atoms with E-state index in [-0.39, 0.29) is 0 Å². The van der Waals surface area contributed by atoms with Crippen molar-refractivity contribution in [2.75, 3.05) is 18.4 Å². The summed E-state index contributed by atoms with van der Waals surface area (Å²) in [5.41, 5.74) is 8.51. The van der Waals surface area contributed by atoms with Gasteiger partial charge >= 0.3 is 0 Å². The first kappa shape index (κ1) is 26.1. The van der Waals surface area contributed by atoms with Crippen molar-refractivity contribution >= 4 is 45.2 Å². The van der Waals surface area contributed by atoms with Gasteiger partial charge in [-0.15, -0.1) is 0 Å². The summed E-state index contributed by atoms with van der Waals surface area (Å²) in [7, 11) is 0. The number of benzene rings is 3. The zero-order valence-electron chi connectivity index (χ0n) is 22.9. The van der Waals surface area contributed by atoms with Gasteiger partial charge in [0.2, 0.25) is 5.89 Å². The van der Waals surface area contributed by atoms with E-state index in [1.807, 2.05) is 61.5 Å². The maximum Gasteiger partial charge on any atom is 0.227 e. The van der Waals surface area contributed by atoms with Crippen LogP contribution in [0.15, 0.2) is 77.6 Å². The molecule has 8 nitrogen and oxygen atoms in total. The van der Waals surface area contributed by atoms with Crippen LogP contribution in [0.4, 0.5) is 11.5 Å². The largest absolute Gasteiger partial charge is 0.435 e. The number of anilines is 2. The van der Waals surface area contributed by atoms with E-state index in [0.29, 0.717) is 44.6 Å². The number of likely N-dealkylation sites (tertiary alicyclic amines) is 1. The molecule has 4 heterocycles. The second-order valence-electron chi connectivity index (χ2n) is 10.5. The second kappa shape index (κ2) is 10.9. The number of halogens is 1. The van der Waals surface area contributed by atoms with Crippen LogP contribution >= 0.6 is 11.6 Å². The average Bonchev–Trinajstić information content (AvgIpc) is 3.68. The van der Waals surface area contributed by atoms with Crippen LogP contribution in [0.2, 0.25) is 5.02 Å². The minimum Gasteiger partial charge on any atom is -0.435 e. The van der Waals surface area contributed by atoms with Crippen LogP contribution in [0.25, 0.3) is 44.7 Å². The molecule has 1 aliphatic rings. The molecule has 0 unspecified atom stereocenters. The monoisotopic (exact) mass is 571 g/mol. The van der Waals surface area contributed by atoms with Crippen molar-refractivity contribution in [1.82, 2.24) is 24.8 Å². The minimum atomic E-state index is 0.475. The summed E-state index contributed by atoms with van der Waals surface area (Å²) in [6.07, 6.45) is 7.42. The molecule has 1 N–H and O–H groups in total. The molecule has 206 valence electrons. The molecular formula is C33H26ClN7O. The van der Waals surface area contributed by atoms with Gasteiger partial charge in [-0.05, 0) is 79.9 Å². The molecule has 7 rings (SSSR count). The van der Waals surface area contributed by atoms with Crippen LogP contribution in [0.3, 0.4) is 0 Å². The van der Waals surface area contributed by atoms with E-state index in [9.17, 15) is 5.26 Å². The SMILES string of the molecule is Cc1c(-c2nc3cc(CN4CCCC4)cc(C#N)c3o2)cccc1-c1cccc(Nc2nccc3nccnc23)c1Cl. The van der Waals surface area contributed by atoms with Crippen LogP contribution in [0.5, 0.6) is 0 Å². The highest BCUT2D eigenvalue weighted by Crippen LogP contribution is 2.40. The molecule has 1 aliphatic heterocycles. The highest BCUT2D eigenvalue weighted by Gasteiger charge is 2.20. The number of fused-ring (bicyclic) bond motifs is 2. The van der Waals surface area contributed by atoms with Crippen molar-refractivity contribution < 1.29 is 4.42 Å². The van der Waals surface area contributed by atoms with E-state index in [1.54, 1.807) is 18.6 Å². The Morgan fingerprint density at radius 3 is 2.57 bits per heavy atom. The van der Waals surface area contributed by atoms with Gasteiger partial charge in [-0.3, -0.25) is 9.88 Å². The predicted octanol–water partition coefficient (Wildman–Crippen LogP) is 7.67. The molecule has 1 fully saturated rings. The summed E-state index contributed by atoms with van der Waals surface area (Å²) in [5.74, 6) is 1.05. The third-order valence-electron chi connectivity index (χ3n) is 7.77. The van der Waals surface area contributed by atoms with Crippen LogP contribution in [-0.2, 0) is 6.54 Å². The van der Waals surface area contributed by atoms with Crippen molar-refractivity contribution in [3.05, 3.63) is 94.9 Å². The normalized spacial score (nSPS) is 13.5. The maximum absolute atomic E-state index is 9.89. The molecule has 0 amide bonds. The molecule has 3 aromatic heterocycles. The van der Waals surface area contributed by atoms with Crippen LogP contribution in [0.1, 0.15) is 29.5 Å². The number of rotatable bonds is 6. The Morgan fingerprint density at radius 2 is 1.71 bits per heavy atom. The van der Waals surface area contributed by atoms with E-state index in [0.717, 1.165) is 53.0 Å². The smallest absolute Gasteiger partial charge is 0.227 e. The summed E-state index contributed by atoms with van der Waals surface area (Å²) < 4.78 is 6.23. The molecule has 9 heteroatoms. The Hall–Kier alpha value is -4.84. The van der Waals surface area contributed by atoms with Gasteiger partial charge < -0.3 is 9.73 Å². The highest BCUT2D eigenvalue weighted by atomic mass is 35.5. The van der Waals surface area contributed by atoms with Gasteiger partial charge in [0, 0.05) is 36.3 Å². The summed E-state index contributed by atoms with van der Waals surface area (Å²) in [5, 5.41) is 13.8. The highest BCUT2D eigenvalue weighted by molar-refractivity contribution is 6.36. The number of nitrogens with zero attached hydrogens (tertiary/aromatic N) is 6. The van der Waals surface area contributed by atoms with Gasteiger partial charge in [-0.2, -0.15) is 5.26 Å². The third kappa shape index (κ3) is 4.73. The molecule has 42 heavy (non-hydrogen) atoms. The Bertz CT molecular complexity index is 2000.